The molecule has 2 rings (SSSR count). The molecule has 0 saturated heterocycles. The molecule has 0 aliphatic rings. The molecule has 1 aromatic heterocycles. The normalized spacial score (nSPS) is 14.0. The van der Waals surface area contributed by atoms with Crippen LogP contribution in [-0.2, 0) is 5.28 Å². The van der Waals surface area contributed by atoms with Crippen LogP contribution in [0, 0.1) is 0 Å². The van der Waals surface area contributed by atoms with Crippen molar-refractivity contribution in [1.82, 2.24) is 4.98 Å². The number of aromatic nitrogens is 1. The number of H-pyrrole nitrogens is 1. The number of benzene rings is 1. The molecule has 1 N–H and O–H groups in total. The van der Waals surface area contributed by atoms with Crippen molar-refractivity contribution in [2.75, 3.05) is 7.11 Å². The molecule has 13 heavy (non-hydrogen) atoms. The molecule has 0 spiro atoms. The first-order valence-corrected chi connectivity index (χ1v) is 4.67. The Hall–Kier alpha value is -0.960. The van der Waals surface area contributed by atoms with E-state index in [0.717, 1.165) is 10.9 Å². The number of hydrogen-bond acceptors (Lipinski definition) is 1. The number of aromatic amines is 1. The maximum Gasteiger partial charge on any atom is 0.123 e. The standard InChI is InChI=1S/C10H10BrNO/c1-13-10-3-2-9-7(4-5-12-9)8(10)6-11/h2-5,12H,6H2,1H3/i6D2. The fourth-order valence-electron chi connectivity index (χ4n) is 1.38. The number of fused-ring (bicyclic) bond motifs is 1. The molecule has 0 radical (unpaired) electrons. The van der Waals surface area contributed by atoms with Crippen LogP contribution in [0.4, 0.5) is 0 Å². The van der Waals surface area contributed by atoms with E-state index in [0.29, 0.717) is 11.3 Å². The van der Waals surface area contributed by atoms with Crippen LogP contribution in [0.1, 0.15) is 8.30 Å². The smallest absolute Gasteiger partial charge is 0.123 e. The number of halogens is 1. The van der Waals surface area contributed by atoms with Crippen molar-refractivity contribution in [2.24, 2.45) is 0 Å². The summed E-state index contributed by atoms with van der Waals surface area (Å²) in [6.07, 6.45) is 1.78. The third-order valence-electron chi connectivity index (χ3n) is 2.01. The Labute approximate surface area is 87.8 Å². The van der Waals surface area contributed by atoms with Crippen molar-refractivity contribution >= 4 is 26.8 Å². The molecule has 0 atom stereocenters. The predicted molar refractivity (Wildman–Crippen MR) is 57.5 cm³/mol. The van der Waals surface area contributed by atoms with E-state index in [1.54, 1.807) is 12.3 Å². The quantitative estimate of drug-likeness (QED) is 0.804. The number of alkyl halides is 1. The van der Waals surface area contributed by atoms with Crippen LogP contribution >= 0.6 is 15.9 Å². The van der Waals surface area contributed by atoms with Gasteiger partial charge in [-0.25, -0.2) is 0 Å². The number of methoxy groups -OCH3 is 1. The molecule has 1 heterocycles. The molecule has 2 aromatic rings. The summed E-state index contributed by atoms with van der Waals surface area (Å²) in [5.74, 6) is 0.545. The van der Waals surface area contributed by atoms with E-state index in [9.17, 15) is 0 Å². The molecule has 0 bridgehead atoms. The molecular formula is C10H10BrNO. The average Bonchev–Trinajstić information content (AvgIpc) is 2.61. The van der Waals surface area contributed by atoms with Gasteiger partial charge in [0.2, 0.25) is 0 Å². The maximum absolute atomic E-state index is 7.73. The number of rotatable bonds is 2. The van der Waals surface area contributed by atoms with Crippen molar-refractivity contribution in [1.29, 1.82) is 0 Å². The third kappa shape index (κ3) is 1.33. The Morgan fingerprint density at radius 2 is 2.38 bits per heavy atom. The van der Waals surface area contributed by atoms with E-state index in [2.05, 4.69) is 20.9 Å². The summed E-state index contributed by atoms with van der Waals surface area (Å²) in [6, 6.07) is 5.47. The highest BCUT2D eigenvalue weighted by Gasteiger charge is 2.06. The first-order valence-electron chi connectivity index (χ1n) is 4.87. The highest BCUT2D eigenvalue weighted by Crippen LogP contribution is 2.28. The van der Waals surface area contributed by atoms with Gasteiger partial charge in [0.05, 0.1) is 7.11 Å². The molecule has 0 amide bonds. The molecule has 68 valence electrons. The second-order valence-electron chi connectivity index (χ2n) is 2.68. The van der Waals surface area contributed by atoms with E-state index in [-0.39, 0.29) is 0 Å². The zero-order chi connectivity index (χ0) is 11.1. The fraction of sp³-hybridized carbons (Fsp3) is 0.200. The molecule has 0 fully saturated rings. The lowest BCUT2D eigenvalue weighted by Crippen LogP contribution is -1.89. The molecular weight excluding hydrogens is 230 g/mol. The van der Waals surface area contributed by atoms with Crippen LogP contribution in [0.15, 0.2) is 24.4 Å². The lowest BCUT2D eigenvalue weighted by atomic mass is 10.1. The fourth-order valence-corrected chi connectivity index (χ4v) is 1.79. The SMILES string of the molecule is [2H]C([2H])(Br)c1c(OC)ccc2[nH]ccc12. The van der Waals surface area contributed by atoms with Crippen molar-refractivity contribution in [2.45, 2.75) is 5.28 Å². The van der Waals surface area contributed by atoms with Crippen molar-refractivity contribution in [3.05, 3.63) is 30.0 Å². The number of hydrogen-bond donors (Lipinski definition) is 1. The molecule has 3 heteroatoms. The summed E-state index contributed by atoms with van der Waals surface area (Å²) in [5.41, 5.74) is 1.41. The number of nitrogens with one attached hydrogen (secondary N) is 1. The maximum atomic E-state index is 7.73. The third-order valence-corrected chi connectivity index (χ3v) is 2.41. The van der Waals surface area contributed by atoms with Crippen LogP contribution in [0.5, 0.6) is 5.75 Å². The predicted octanol–water partition coefficient (Wildman–Crippen LogP) is 3.07. The van der Waals surface area contributed by atoms with Crippen molar-refractivity contribution in [3.8, 4) is 5.75 Å². The van der Waals surface area contributed by atoms with E-state index >= 15 is 0 Å². The van der Waals surface area contributed by atoms with Gasteiger partial charge in [0.1, 0.15) is 5.75 Å². The van der Waals surface area contributed by atoms with Gasteiger partial charge in [0.25, 0.3) is 0 Å². The number of ether oxygens (including phenoxy) is 1. The Kier molecular flexibility index (Phi) is 1.71. The van der Waals surface area contributed by atoms with Crippen LogP contribution in [0.25, 0.3) is 10.9 Å². The lowest BCUT2D eigenvalue weighted by Gasteiger charge is -2.06. The summed E-state index contributed by atoms with van der Waals surface area (Å²) < 4.78 is 20.6. The van der Waals surface area contributed by atoms with E-state index in [1.807, 2.05) is 12.1 Å². The van der Waals surface area contributed by atoms with Crippen LogP contribution < -0.4 is 4.74 Å². The van der Waals surface area contributed by atoms with Crippen molar-refractivity contribution < 1.29 is 7.48 Å². The lowest BCUT2D eigenvalue weighted by molar-refractivity contribution is 0.412. The molecule has 1 aromatic carbocycles. The van der Waals surface area contributed by atoms with Gasteiger partial charge in [0.15, 0.2) is 0 Å². The van der Waals surface area contributed by atoms with Gasteiger partial charge in [0, 0.05) is 30.7 Å². The summed E-state index contributed by atoms with van der Waals surface area (Å²) in [4.78, 5) is 3.04. The second-order valence-corrected chi connectivity index (χ2v) is 3.07. The molecule has 0 saturated carbocycles. The van der Waals surface area contributed by atoms with Gasteiger partial charge in [-0.05, 0) is 18.2 Å². The zero-order valence-electron chi connectivity index (χ0n) is 9.10. The molecule has 2 nitrogen and oxygen atoms in total. The van der Waals surface area contributed by atoms with Gasteiger partial charge in [-0.2, -0.15) is 0 Å². The first-order chi connectivity index (χ1) is 7.04. The minimum absolute atomic E-state index is 0.517. The molecule has 0 unspecified atom stereocenters. The van der Waals surface area contributed by atoms with E-state index in [1.165, 1.54) is 7.11 Å². The first kappa shape index (κ1) is 6.49. The van der Waals surface area contributed by atoms with Gasteiger partial charge in [-0.1, -0.05) is 15.9 Å². The topological polar surface area (TPSA) is 25.0 Å². The zero-order valence-corrected chi connectivity index (χ0v) is 8.68. The molecule has 0 aliphatic heterocycles. The highest BCUT2D eigenvalue weighted by atomic mass is 79.9. The van der Waals surface area contributed by atoms with Gasteiger partial charge in [-0.3, -0.25) is 0 Å². The summed E-state index contributed by atoms with van der Waals surface area (Å²) in [7, 11) is 1.54. The minimum Gasteiger partial charge on any atom is -0.496 e. The summed E-state index contributed by atoms with van der Waals surface area (Å²) in [6.45, 7) is 0. The second kappa shape index (κ2) is 3.42. The molecule has 0 aliphatic carbocycles. The largest absolute Gasteiger partial charge is 0.496 e. The highest BCUT2D eigenvalue weighted by molar-refractivity contribution is 9.08. The van der Waals surface area contributed by atoms with Gasteiger partial charge in [-0.15, -0.1) is 0 Å². The van der Waals surface area contributed by atoms with Crippen LogP contribution in [0.3, 0.4) is 0 Å². The summed E-state index contributed by atoms with van der Waals surface area (Å²) in [5, 5.41) is -0.767. The van der Waals surface area contributed by atoms with Crippen LogP contribution in [0.2, 0.25) is 0 Å². The van der Waals surface area contributed by atoms with E-state index < -0.39 is 5.28 Å². The van der Waals surface area contributed by atoms with Gasteiger partial charge < -0.3 is 9.72 Å². The Morgan fingerprint density at radius 3 is 3.08 bits per heavy atom. The average molecular weight is 242 g/mol. The van der Waals surface area contributed by atoms with Crippen molar-refractivity contribution in [3.63, 3.8) is 0 Å². The van der Waals surface area contributed by atoms with E-state index in [4.69, 9.17) is 7.48 Å². The Bertz CT molecular complexity index is 490. The Morgan fingerprint density at radius 1 is 1.54 bits per heavy atom. The Balaban J connectivity index is 2.80. The van der Waals surface area contributed by atoms with Crippen LogP contribution in [-0.4, -0.2) is 12.1 Å². The monoisotopic (exact) mass is 241 g/mol. The minimum atomic E-state index is -1.60. The van der Waals surface area contributed by atoms with Gasteiger partial charge >= 0.3 is 0 Å². The summed E-state index contributed by atoms with van der Waals surface area (Å²) >= 11 is 3.02.